The second kappa shape index (κ2) is 9.36. The van der Waals surface area contributed by atoms with Gasteiger partial charge in [-0.15, -0.1) is 0 Å². The molecule has 0 aromatic heterocycles. The molecule has 2 rings (SSSR count). The normalized spacial score (nSPS) is 9.71. The summed E-state index contributed by atoms with van der Waals surface area (Å²) in [5.41, 5.74) is 7.13. The Kier molecular flexibility index (Phi) is 6.85. The Labute approximate surface area is 146 Å². The van der Waals surface area contributed by atoms with Crippen molar-refractivity contribution in [3.8, 4) is 5.75 Å². The van der Waals surface area contributed by atoms with Crippen LogP contribution in [0.4, 0.5) is 5.69 Å². The molecule has 0 fully saturated rings. The Morgan fingerprint density at radius 2 is 1.75 bits per heavy atom. The molecule has 0 unspecified atom stereocenters. The zero-order valence-corrected chi connectivity index (χ0v) is 14.2. The summed E-state index contributed by atoms with van der Waals surface area (Å²) in [7, 11) is 1.61. The molecule has 4 N–H and O–H groups in total. The third-order valence-corrected chi connectivity index (χ3v) is 3.40. The van der Waals surface area contributed by atoms with E-state index in [0.717, 1.165) is 17.0 Å². The van der Waals surface area contributed by atoms with Crippen molar-refractivity contribution < 1.29 is 9.53 Å². The number of nitrogens with one attached hydrogen (secondary N) is 4. The van der Waals surface area contributed by atoms with Crippen LogP contribution in [0.15, 0.2) is 54.6 Å². The highest BCUT2D eigenvalue weighted by atomic mass is 32.1. The van der Waals surface area contributed by atoms with Gasteiger partial charge in [-0.05, 0) is 42.0 Å². The highest BCUT2D eigenvalue weighted by Gasteiger charge is 2.02. The first-order valence-corrected chi connectivity index (χ1v) is 7.83. The molecule has 0 atom stereocenters. The fourth-order valence-corrected chi connectivity index (χ4v) is 2.01. The van der Waals surface area contributed by atoms with Crippen LogP contribution in [-0.4, -0.2) is 24.7 Å². The quantitative estimate of drug-likeness (QED) is 0.473. The van der Waals surface area contributed by atoms with E-state index in [1.807, 2.05) is 54.6 Å². The lowest BCUT2D eigenvalue weighted by atomic mass is 10.2. The molecule has 0 saturated carbocycles. The molecule has 0 heterocycles. The van der Waals surface area contributed by atoms with E-state index in [0.29, 0.717) is 11.7 Å². The van der Waals surface area contributed by atoms with Gasteiger partial charge in [-0.25, -0.2) is 0 Å². The maximum absolute atomic E-state index is 11.8. The van der Waals surface area contributed by atoms with Crippen molar-refractivity contribution in [3.05, 3.63) is 60.2 Å². The summed E-state index contributed by atoms with van der Waals surface area (Å²) in [6, 6.07) is 17.2. The molecule has 0 aliphatic heterocycles. The van der Waals surface area contributed by atoms with Crippen molar-refractivity contribution >= 4 is 28.9 Å². The van der Waals surface area contributed by atoms with Gasteiger partial charge in [0.05, 0.1) is 13.7 Å². The third-order valence-electron chi connectivity index (χ3n) is 3.15. The number of thiocarbonyl (C=S) groups is 1. The Morgan fingerprint density at radius 3 is 2.42 bits per heavy atom. The predicted octanol–water partition coefficient (Wildman–Crippen LogP) is 1.80. The van der Waals surface area contributed by atoms with Crippen molar-refractivity contribution in [2.24, 2.45) is 0 Å². The lowest BCUT2D eigenvalue weighted by Gasteiger charge is -2.12. The third kappa shape index (κ3) is 6.13. The van der Waals surface area contributed by atoms with Gasteiger partial charge in [-0.1, -0.05) is 30.3 Å². The summed E-state index contributed by atoms with van der Waals surface area (Å²) in [6.45, 7) is 0.716. The van der Waals surface area contributed by atoms with Crippen LogP contribution in [-0.2, 0) is 11.3 Å². The minimum absolute atomic E-state index is 0.126. The summed E-state index contributed by atoms with van der Waals surface area (Å²) in [6.07, 6.45) is 0. The second-order valence-corrected chi connectivity index (χ2v) is 5.33. The SMILES string of the molecule is COc1ccc(NCC(=O)NNC(=S)NCc2ccccc2)cc1. The average molecular weight is 344 g/mol. The van der Waals surface area contributed by atoms with Gasteiger partial charge < -0.3 is 15.4 Å². The molecule has 7 heteroatoms. The molecule has 2 aromatic carbocycles. The summed E-state index contributed by atoms with van der Waals surface area (Å²) in [5.74, 6) is 0.538. The number of carbonyl (C=O) groups is 1. The number of benzene rings is 2. The summed E-state index contributed by atoms with van der Waals surface area (Å²) in [5, 5.41) is 6.38. The molecule has 0 aliphatic rings. The standard InChI is InChI=1S/C17H20N4O2S/c1-23-15-9-7-14(8-10-15)18-12-16(22)20-21-17(24)19-11-13-5-3-2-4-6-13/h2-10,18H,11-12H2,1H3,(H,20,22)(H2,19,21,24). The highest BCUT2D eigenvalue weighted by Crippen LogP contribution is 2.14. The van der Waals surface area contributed by atoms with Gasteiger partial charge in [0.1, 0.15) is 5.75 Å². The number of ether oxygens (including phenoxy) is 1. The predicted molar refractivity (Wildman–Crippen MR) is 98.6 cm³/mol. The van der Waals surface area contributed by atoms with Crippen LogP contribution >= 0.6 is 12.2 Å². The van der Waals surface area contributed by atoms with Crippen molar-refractivity contribution in [2.45, 2.75) is 6.54 Å². The number of hydrogen-bond acceptors (Lipinski definition) is 4. The van der Waals surface area contributed by atoms with Gasteiger partial charge in [-0.3, -0.25) is 15.6 Å². The Bertz CT molecular complexity index is 662. The Balaban J connectivity index is 1.64. The van der Waals surface area contributed by atoms with Crippen molar-refractivity contribution in [1.82, 2.24) is 16.2 Å². The lowest BCUT2D eigenvalue weighted by molar-refractivity contribution is -0.119. The molecule has 2 aromatic rings. The molecule has 6 nitrogen and oxygen atoms in total. The van der Waals surface area contributed by atoms with Crippen LogP contribution in [0.2, 0.25) is 0 Å². The fourth-order valence-electron chi connectivity index (χ4n) is 1.88. The van der Waals surface area contributed by atoms with Gasteiger partial charge in [0.25, 0.3) is 5.91 Å². The number of rotatable bonds is 6. The van der Waals surface area contributed by atoms with Gasteiger partial charge in [0.2, 0.25) is 0 Å². The van der Waals surface area contributed by atoms with Crippen LogP contribution in [0, 0.1) is 0 Å². The molecule has 0 radical (unpaired) electrons. The first-order chi connectivity index (χ1) is 11.7. The van der Waals surface area contributed by atoms with Crippen LogP contribution in [0.1, 0.15) is 5.56 Å². The van der Waals surface area contributed by atoms with Crippen LogP contribution in [0.5, 0.6) is 5.75 Å². The van der Waals surface area contributed by atoms with E-state index < -0.39 is 0 Å². The molecule has 0 aliphatic carbocycles. The molecule has 0 saturated heterocycles. The van der Waals surface area contributed by atoms with E-state index in [9.17, 15) is 4.79 Å². The Hall–Kier alpha value is -2.80. The smallest absolute Gasteiger partial charge is 0.257 e. The van der Waals surface area contributed by atoms with E-state index >= 15 is 0 Å². The molecule has 126 valence electrons. The number of anilines is 1. The molecular formula is C17H20N4O2S. The van der Waals surface area contributed by atoms with Gasteiger partial charge in [0.15, 0.2) is 5.11 Å². The van der Waals surface area contributed by atoms with E-state index in [1.54, 1.807) is 7.11 Å². The summed E-state index contributed by atoms with van der Waals surface area (Å²) >= 11 is 5.11. The van der Waals surface area contributed by atoms with Gasteiger partial charge in [-0.2, -0.15) is 0 Å². The molecule has 1 amide bonds. The van der Waals surface area contributed by atoms with E-state index in [-0.39, 0.29) is 12.5 Å². The number of methoxy groups -OCH3 is 1. The number of hydrogen-bond donors (Lipinski definition) is 4. The Morgan fingerprint density at radius 1 is 1.04 bits per heavy atom. The van der Waals surface area contributed by atoms with Crippen molar-refractivity contribution in [3.63, 3.8) is 0 Å². The van der Waals surface area contributed by atoms with E-state index in [1.165, 1.54) is 0 Å². The summed E-state index contributed by atoms with van der Waals surface area (Å²) < 4.78 is 5.08. The highest BCUT2D eigenvalue weighted by molar-refractivity contribution is 7.80. The zero-order valence-electron chi connectivity index (χ0n) is 13.3. The molecule has 0 bridgehead atoms. The average Bonchev–Trinajstić information content (AvgIpc) is 2.64. The van der Waals surface area contributed by atoms with Crippen molar-refractivity contribution in [2.75, 3.05) is 19.0 Å². The lowest BCUT2D eigenvalue weighted by Crippen LogP contribution is -2.48. The molecular weight excluding hydrogens is 324 g/mol. The number of carbonyl (C=O) groups excluding carboxylic acids is 1. The largest absolute Gasteiger partial charge is 0.497 e. The zero-order chi connectivity index (χ0) is 17.2. The maximum Gasteiger partial charge on any atom is 0.257 e. The van der Waals surface area contributed by atoms with Crippen LogP contribution in [0.25, 0.3) is 0 Å². The summed E-state index contributed by atoms with van der Waals surface area (Å²) in [4.78, 5) is 11.8. The minimum Gasteiger partial charge on any atom is -0.497 e. The van der Waals surface area contributed by atoms with Crippen LogP contribution < -0.4 is 26.2 Å². The van der Waals surface area contributed by atoms with Crippen molar-refractivity contribution in [1.29, 1.82) is 0 Å². The van der Waals surface area contributed by atoms with Gasteiger partial charge >= 0.3 is 0 Å². The molecule has 0 spiro atoms. The van der Waals surface area contributed by atoms with Crippen LogP contribution in [0.3, 0.4) is 0 Å². The topological polar surface area (TPSA) is 74.4 Å². The fraction of sp³-hybridized carbons (Fsp3) is 0.176. The second-order valence-electron chi connectivity index (χ2n) is 4.92. The first kappa shape index (κ1) is 17.6. The van der Waals surface area contributed by atoms with E-state index in [2.05, 4.69) is 21.5 Å². The number of hydrazine groups is 1. The maximum atomic E-state index is 11.8. The van der Waals surface area contributed by atoms with Gasteiger partial charge in [0, 0.05) is 12.2 Å². The minimum atomic E-state index is -0.227. The molecule has 24 heavy (non-hydrogen) atoms. The van der Waals surface area contributed by atoms with E-state index in [4.69, 9.17) is 17.0 Å². The first-order valence-electron chi connectivity index (χ1n) is 7.42. The monoisotopic (exact) mass is 344 g/mol. The number of amides is 1.